The Morgan fingerprint density at radius 2 is 1.92 bits per heavy atom. The van der Waals surface area contributed by atoms with Crippen LogP contribution >= 0.6 is 0 Å². The van der Waals surface area contributed by atoms with E-state index in [2.05, 4.69) is 10.3 Å². The largest absolute Gasteiger partial charge is 0.494 e. The Morgan fingerprint density at radius 3 is 2.54 bits per heavy atom. The Bertz CT molecular complexity index is 802. The molecule has 0 fully saturated rings. The van der Waals surface area contributed by atoms with Gasteiger partial charge in [-0.25, -0.2) is 13.4 Å². The van der Waals surface area contributed by atoms with Crippen LogP contribution < -0.4 is 10.1 Å². The van der Waals surface area contributed by atoms with Crippen molar-refractivity contribution in [1.29, 1.82) is 0 Å². The number of amides is 1. The summed E-state index contributed by atoms with van der Waals surface area (Å²) in [5, 5.41) is 2.73. The number of hydrogen-bond acceptors (Lipinski definition) is 5. The molecule has 1 aromatic heterocycles. The first kappa shape index (κ1) is 17.9. The average molecular weight is 348 g/mol. The lowest BCUT2D eigenvalue weighted by molar-refractivity contribution is -0.116. The molecule has 0 saturated heterocycles. The topological polar surface area (TPSA) is 85.4 Å². The molecule has 2 rings (SSSR count). The van der Waals surface area contributed by atoms with E-state index in [1.807, 2.05) is 13.0 Å². The maximum Gasteiger partial charge on any atom is 0.225 e. The predicted molar refractivity (Wildman–Crippen MR) is 91.9 cm³/mol. The number of aromatic nitrogens is 1. The van der Waals surface area contributed by atoms with E-state index < -0.39 is 9.84 Å². The molecule has 2 aromatic rings. The molecule has 1 aromatic carbocycles. The summed E-state index contributed by atoms with van der Waals surface area (Å²) in [6, 6.07) is 9.87. The number of nitrogens with zero attached hydrogens (tertiary/aromatic N) is 1. The van der Waals surface area contributed by atoms with E-state index in [1.165, 1.54) is 12.1 Å². The van der Waals surface area contributed by atoms with E-state index in [0.29, 0.717) is 31.0 Å². The van der Waals surface area contributed by atoms with Crippen molar-refractivity contribution in [1.82, 2.24) is 4.98 Å². The first-order valence-corrected chi connectivity index (χ1v) is 9.39. The molecule has 0 aliphatic carbocycles. The molecule has 24 heavy (non-hydrogen) atoms. The van der Waals surface area contributed by atoms with Crippen molar-refractivity contribution >= 4 is 21.6 Å². The highest BCUT2D eigenvalue weighted by Crippen LogP contribution is 2.16. The Morgan fingerprint density at radius 1 is 1.21 bits per heavy atom. The number of sulfone groups is 1. The molecule has 7 heteroatoms. The quantitative estimate of drug-likeness (QED) is 0.777. The van der Waals surface area contributed by atoms with Crippen LogP contribution in [0, 0.1) is 6.92 Å². The van der Waals surface area contributed by atoms with Crippen LogP contribution in [0.3, 0.4) is 0 Å². The normalized spacial score (nSPS) is 11.1. The molecule has 128 valence electrons. The third-order valence-corrected chi connectivity index (χ3v) is 4.38. The summed E-state index contributed by atoms with van der Waals surface area (Å²) >= 11 is 0. The van der Waals surface area contributed by atoms with Crippen LogP contribution in [0.2, 0.25) is 0 Å². The average Bonchev–Trinajstić information content (AvgIpc) is 2.51. The van der Waals surface area contributed by atoms with E-state index in [9.17, 15) is 13.2 Å². The van der Waals surface area contributed by atoms with Gasteiger partial charge in [0.05, 0.1) is 11.5 Å². The Labute approximate surface area is 141 Å². The SMILES string of the molecule is Cc1ccnc(NC(=O)CCCOc2ccc(S(C)(=O)=O)cc2)c1. The molecule has 0 radical (unpaired) electrons. The Hall–Kier alpha value is -2.41. The van der Waals surface area contributed by atoms with Gasteiger partial charge in [-0.3, -0.25) is 4.79 Å². The van der Waals surface area contributed by atoms with Crippen LogP contribution in [0.25, 0.3) is 0 Å². The molecule has 0 atom stereocenters. The number of hydrogen-bond donors (Lipinski definition) is 1. The van der Waals surface area contributed by atoms with Crippen molar-refractivity contribution in [2.45, 2.75) is 24.7 Å². The van der Waals surface area contributed by atoms with Crippen molar-refractivity contribution in [2.75, 3.05) is 18.2 Å². The monoisotopic (exact) mass is 348 g/mol. The number of rotatable bonds is 7. The van der Waals surface area contributed by atoms with Gasteiger partial charge in [0.2, 0.25) is 5.91 Å². The second-order valence-corrected chi connectivity index (χ2v) is 7.48. The van der Waals surface area contributed by atoms with Gasteiger partial charge in [0.15, 0.2) is 9.84 Å². The lowest BCUT2D eigenvalue weighted by Crippen LogP contribution is -2.13. The smallest absolute Gasteiger partial charge is 0.225 e. The van der Waals surface area contributed by atoms with Crippen molar-refractivity contribution in [3.05, 3.63) is 48.2 Å². The van der Waals surface area contributed by atoms with Gasteiger partial charge in [-0.15, -0.1) is 0 Å². The molecule has 0 saturated carbocycles. The summed E-state index contributed by atoms with van der Waals surface area (Å²) in [5.41, 5.74) is 1.03. The zero-order valence-electron chi connectivity index (χ0n) is 13.7. The van der Waals surface area contributed by atoms with Crippen LogP contribution in [0.15, 0.2) is 47.5 Å². The highest BCUT2D eigenvalue weighted by atomic mass is 32.2. The summed E-state index contributed by atoms with van der Waals surface area (Å²) in [6.07, 6.45) is 3.67. The lowest BCUT2D eigenvalue weighted by Gasteiger charge is -2.07. The zero-order chi connectivity index (χ0) is 17.6. The molecule has 1 heterocycles. The molecule has 6 nitrogen and oxygen atoms in total. The molecule has 0 unspecified atom stereocenters. The van der Waals surface area contributed by atoms with Crippen LogP contribution in [0.5, 0.6) is 5.75 Å². The number of aryl methyl sites for hydroxylation is 1. The van der Waals surface area contributed by atoms with Crippen LogP contribution in [-0.4, -0.2) is 32.2 Å². The van der Waals surface area contributed by atoms with Crippen molar-refractivity contribution < 1.29 is 17.9 Å². The van der Waals surface area contributed by atoms with E-state index in [0.717, 1.165) is 11.8 Å². The molecule has 0 bridgehead atoms. The minimum Gasteiger partial charge on any atom is -0.494 e. The number of pyridine rings is 1. The number of benzene rings is 1. The van der Waals surface area contributed by atoms with Gasteiger partial charge in [0.25, 0.3) is 0 Å². The molecule has 0 aliphatic heterocycles. The molecular weight excluding hydrogens is 328 g/mol. The van der Waals surface area contributed by atoms with E-state index in [-0.39, 0.29) is 10.8 Å². The first-order chi connectivity index (χ1) is 11.3. The highest BCUT2D eigenvalue weighted by molar-refractivity contribution is 7.90. The van der Waals surface area contributed by atoms with E-state index in [4.69, 9.17) is 4.74 Å². The van der Waals surface area contributed by atoms with Crippen molar-refractivity contribution in [2.24, 2.45) is 0 Å². The lowest BCUT2D eigenvalue weighted by atomic mass is 10.3. The molecule has 1 amide bonds. The van der Waals surface area contributed by atoms with Gasteiger partial charge >= 0.3 is 0 Å². The summed E-state index contributed by atoms with van der Waals surface area (Å²) in [7, 11) is -3.20. The Kier molecular flexibility index (Phi) is 5.92. The standard InChI is InChI=1S/C17H20N2O4S/c1-13-9-10-18-16(12-13)19-17(20)4-3-11-23-14-5-7-15(8-6-14)24(2,21)22/h5-10,12H,3-4,11H2,1-2H3,(H,18,19,20). The summed E-state index contributed by atoms with van der Waals surface area (Å²) in [5.74, 6) is 0.990. The minimum atomic E-state index is -3.20. The van der Waals surface area contributed by atoms with Crippen molar-refractivity contribution in [3.63, 3.8) is 0 Å². The zero-order valence-corrected chi connectivity index (χ0v) is 14.5. The maximum atomic E-state index is 11.8. The van der Waals surface area contributed by atoms with Gasteiger partial charge in [-0.05, 0) is 55.3 Å². The fraction of sp³-hybridized carbons (Fsp3) is 0.294. The third-order valence-electron chi connectivity index (χ3n) is 3.25. The van der Waals surface area contributed by atoms with Gasteiger partial charge in [-0.2, -0.15) is 0 Å². The number of anilines is 1. The van der Waals surface area contributed by atoms with Crippen LogP contribution in [0.1, 0.15) is 18.4 Å². The van der Waals surface area contributed by atoms with Gasteiger partial charge in [0, 0.05) is 18.9 Å². The minimum absolute atomic E-state index is 0.121. The maximum absolute atomic E-state index is 11.8. The summed E-state index contributed by atoms with van der Waals surface area (Å²) < 4.78 is 28.2. The second-order valence-electron chi connectivity index (χ2n) is 5.46. The molecular formula is C17H20N2O4S. The van der Waals surface area contributed by atoms with Gasteiger partial charge in [0.1, 0.15) is 11.6 Å². The predicted octanol–water partition coefficient (Wildman–Crippen LogP) is 2.59. The van der Waals surface area contributed by atoms with E-state index in [1.54, 1.807) is 24.4 Å². The number of carbonyl (C=O) groups is 1. The van der Waals surface area contributed by atoms with Gasteiger partial charge < -0.3 is 10.1 Å². The van der Waals surface area contributed by atoms with Crippen LogP contribution in [0.4, 0.5) is 5.82 Å². The molecule has 0 aliphatic rings. The fourth-order valence-electron chi connectivity index (χ4n) is 2.02. The first-order valence-electron chi connectivity index (χ1n) is 7.50. The van der Waals surface area contributed by atoms with E-state index >= 15 is 0 Å². The number of carbonyl (C=O) groups excluding carboxylic acids is 1. The summed E-state index contributed by atoms with van der Waals surface area (Å²) in [6.45, 7) is 2.30. The van der Waals surface area contributed by atoms with Crippen LogP contribution in [-0.2, 0) is 14.6 Å². The summed E-state index contributed by atoms with van der Waals surface area (Å²) in [4.78, 5) is 16.1. The number of nitrogens with one attached hydrogen (secondary N) is 1. The van der Waals surface area contributed by atoms with Crippen molar-refractivity contribution in [3.8, 4) is 5.75 Å². The fourth-order valence-corrected chi connectivity index (χ4v) is 2.65. The third kappa shape index (κ3) is 5.66. The molecule has 1 N–H and O–H groups in total. The van der Waals surface area contributed by atoms with Gasteiger partial charge in [-0.1, -0.05) is 0 Å². The highest BCUT2D eigenvalue weighted by Gasteiger charge is 2.07. The molecule has 0 spiro atoms. The number of ether oxygens (including phenoxy) is 1. The Balaban J connectivity index is 1.73. The second kappa shape index (κ2) is 7.92.